The molecule has 74 valence electrons. The molecular weight excluding hydrogens is 176 g/mol. The first-order valence-corrected chi connectivity index (χ1v) is 4.60. The Labute approximate surface area is 84.2 Å². The molecule has 0 amide bonds. The van der Waals surface area contributed by atoms with Gasteiger partial charge in [-0.25, -0.2) is 0 Å². The van der Waals surface area contributed by atoms with Gasteiger partial charge in [0.1, 0.15) is 12.0 Å². The predicted octanol–water partition coefficient (Wildman–Crippen LogP) is 2.69. The summed E-state index contributed by atoms with van der Waals surface area (Å²) >= 11 is 0. The molecule has 0 bridgehead atoms. The van der Waals surface area contributed by atoms with Crippen LogP contribution < -0.4 is 4.74 Å². The Balaban J connectivity index is 2.86. The fraction of sp³-hybridized carbons (Fsp3) is 0.250. The van der Waals surface area contributed by atoms with Crippen molar-refractivity contribution in [2.24, 2.45) is 0 Å². The maximum Gasteiger partial charge on any atom is 0.146 e. The molecule has 2 heteroatoms. The van der Waals surface area contributed by atoms with Crippen LogP contribution in [-0.4, -0.2) is 13.4 Å². The molecule has 1 aromatic rings. The molecule has 0 aliphatic rings. The fourth-order valence-electron chi connectivity index (χ4n) is 1.13. The van der Waals surface area contributed by atoms with E-state index >= 15 is 0 Å². The molecule has 0 aliphatic carbocycles. The number of aldehydes is 1. The third kappa shape index (κ3) is 2.73. The monoisotopic (exact) mass is 190 g/mol. The zero-order valence-electron chi connectivity index (χ0n) is 8.49. The lowest BCUT2D eigenvalue weighted by molar-refractivity contribution is -0.104. The number of hydrogen-bond donors (Lipinski definition) is 0. The summed E-state index contributed by atoms with van der Waals surface area (Å²) in [5.41, 5.74) is 1.82. The van der Waals surface area contributed by atoms with Crippen LogP contribution >= 0.6 is 0 Å². The standard InChI is InChI=1S/C12H14O2/c1-3-10(9-13)8-11-4-6-12(14-2)7-5-11/h4-9H,3H2,1-2H3. The lowest BCUT2D eigenvalue weighted by Gasteiger charge is -2.00. The van der Waals surface area contributed by atoms with Crippen molar-refractivity contribution in [2.45, 2.75) is 13.3 Å². The summed E-state index contributed by atoms with van der Waals surface area (Å²) in [6.45, 7) is 1.96. The predicted molar refractivity (Wildman–Crippen MR) is 57.3 cm³/mol. The molecule has 0 N–H and O–H groups in total. The lowest BCUT2D eigenvalue weighted by Crippen LogP contribution is -1.84. The van der Waals surface area contributed by atoms with E-state index in [1.54, 1.807) is 7.11 Å². The molecule has 14 heavy (non-hydrogen) atoms. The molecule has 0 spiro atoms. The summed E-state index contributed by atoms with van der Waals surface area (Å²) in [6.07, 6.45) is 3.53. The van der Waals surface area contributed by atoms with E-state index in [0.717, 1.165) is 29.6 Å². The molecule has 1 aromatic carbocycles. The number of methoxy groups -OCH3 is 1. The van der Waals surface area contributed by atoms with E-state index in [0.29, 0.717) is 0 Å². The van der Waals surface area contributed by atoms with Gasteiger partial charge in [-0.1, -0.05) is 19.1 Å². The Morgan fingerprint density at radius 2 is 2.00 bits per heavy atom. The van der Waals surface area contributed by atoms with Crippen molar-refractivity contribution in [2.75, 3.05) is 7.11 Å². The molecule has 0 saturated heterocycles. The van der Waals surface area contributed by atoms with Crippen molar-refractivity contribution in [3.8, 4) is 5.75 Å². The number of benzene rings is 1. The highest BCUT2D eigenvalue weighted by molar-refractivity contribution is 5.81. The first-order valence-electron chi connectivity index (χ1n) is 4.60. The molecule has 0 saturated carbocycles. The van der Waals surface area contributed by atoms with E-state index in [1.165, 1.54) is 0 Å². The second-order valence-corrected chi connectivity index (χ2v) is 2.96. The van der Waals surface area contributed by atoms with Gasteiger partial charge in [0.05, 0.1) is 7.11 Å². The van der Waals surface area contributed by atoms with Gasteiger partial charge in [-0.05, 0) is 35.8 Å². The number of carbonyl (C=O) groups excluding carboxylic acids is 1. The SMILES string of the molecule is CCC(C=O)=Cc1ccc(OC)cc1. The molecule has 1 rings (SSSR count). The highest BCUT2D eigenvalue weighted by Crippen LogP contribution is 2.14. The van der Waals surface area contributed by atoms with E-state index < -0.39 is 0 Å². The van der Waals surface area contributed by atoms with Gasteiger partial charge in [0.15, 0.2) is 0 Å². The minimum absolute atomic E-state index is 0.759. The van der Waals surface area contributed by atoms with Crippen LogP contribution in [0.15, 0.2) is 29.8 Å². The molecule has 0 aromatic heterocycles. The Kier molecular flexibility index (Phi) is 3.92. The number of carbonyl (C=O) groups is 1. The molecule has 0 atom stereocenters. The minimum Gasteiger partial charge on any atom is -0.497 e. The van der Waals surface area contributed by atoms with Gasteiger partial charge >= 0.3 is 0 Å². The van der Waals surface area contributed by atoms with E-state index in [4.69, 9.17) is 4.74 Å². The maximum absolute atomic E-state index is 10.6. The Hall–Kier alpha value is -1.57. The second-order valence-electron chi connectivity index (χ2n) is 2.96. The summed E-state index contributed by atoms with van der Waals surface area (Å²) in [5, 5.41) is 0. The molecular formula is C12H14O2. The van der Waals surface area contributed by atoms with Gasteiger partial charge in [0.2, 0.25) is 0 Å². The summed E-state index contributed by atoms with van der Waals surface area (Å²) in [7, 11) is 1.63. The summed E-state index contributed by atoms with van der Waals surface area (Å²) < 4.78 is 5.04. The summed E-state index contributed by atoms with van der Waals surface area (Å²) in [6, 6.07) is 7.61. The average molecular weight is 190 g/mol. The molecule has 0 unspecified atom stereocenters. The Bertz CT molecular complexity index is 323. The molecule has 2 nitrogen and oxygen atoms in total. The van der Waals surface area contributed by atoms with Crippen molar-refractivity contribution in [1.82, 2.24) is 0 Å². The normalized spacial score (nSPS) is 11.1. The van der Waals surface area contributed by atoms with Crippen LogP contribution in [0.1, 0.15) is 18.9 Å². The minimum atomic E-state index is 0.759. The number of allylic oxidation sites excluding steroid dienone is 1. The zero-order chi connectivity index (χ0) is 10.4. The van der Waals surface area contributed by atoms with E-state index in [2.05, 4.69) is 0 Å². The van der Waals surface area contributed by atoms with E-state index in [1.807, 2.05) is 37.3 Å². The number of ether oxygens (including phenoxy) is 1. The zero-order valence-corrected chi connectivity index (χ0v) is 8.49. The van der Waals surface area contributed by atoms with Crippen LogP contribution in [0.25, 0.3) is 6.08 Å². The Morgan fingerprint density at radius 3 is 2.43 bits per heavy atom. The first kappa shape index (κ1) is 10.5. The van der Waals surface area contributed by atoms with Gasteiger partial charge in [-0.15, -0.1) is 0 Å². The first-order chi connectivity index (χ1) is 6.80. The summed E-state index contributed by atoms with van der Waals surface area (Å²) in [5.74, 6) is 0.825. The van der Waals surface area contributed by atoms with Crippen molar-refractivity contribution in [1.29, 1.82) is 0 Å². The quantitative estimate of drug-likeness (QED) is 0.539. The van der Waals surface area contributed by atoms with Crippen LogP contribution in [0, 0.1) is 0 Å². The van der Waals surface area contributed by atoms with E-state index in [9.17, 15) is 4.79 Å². The number of hydrogen-bond acceptors (Lipinski definition) is 2. The van der Waals surface area contributed by atoms with Crippen LogP contribution in [0.3, 0.4) is 0 Å². The number of rotatable bonds is 4. The molecule has 0 aliphatic heterocycles. The third-order valence-electron chi connectivity index (χ3n) is 2.03. The average Bonchev–Trinajstić information content (AvgIpc) is 2.26. The second kappa shape index (κ2) is 5.22. The Morgan fingerprint density at radius 1 is 1.36 bits per heavy atom. The van der Waals surface area contributed by atoms with Crippen LogP contribution in [0.5, 0.6) is 5.75 Å². The van der Waals surface area contributed by atoms with Crippen LogP contribution in [0.4, 0.5) is 0 Å². The van der Waals surface area contributed by atoms with E-state index in [-0.39, 0.29) is 0 Å². The van der Waals surface area contributed by atoms with Crippen LogP contribution in [-0.2, 0) is 4.79 Å². The van der Waals surface area contributed by atoms with Gasteiger partial charge in [0, 0.05) is 0 Å². The van der Waals surface area contributed by atoms with Gasteiger partial charge in [-0.2, -0.15) is 0 Å². The maximum atomic E-state index is 10.6. The highest BCUT2D eigenvalue weighted by Gasteiger charge is 1.94. The highest BCUT2D eigenvalue weighted by atomic mass is 16.5. The van der Waals surface area contributed by atoms with Crippen molar-refractivity contribution >= 4 is 12.4 Å². The smallest absolute Gasteiger partial charge is 0.146 e. The van der Waals surface area contributed by atoms with Gasteiger partial charge in [-0.3, -0.25) is 4.79 Å². The van der Waals surface area contributed by atoms with Crippen molar-refractivity contribution in [3.63, 3.8) is 0 Å². The van der Waals surface area contributed by atoms with Crippen molar-refractivity contribution < 1.29 is 9.53 Å². The van der Waals surface area contributed by atoms with Crippen LogP contribution in [0.2, 0.25) is 0 Å². The summed E-state index contributed by atoms with van der Waals surface area (Å²) in [4.78, 5) is 10.6. The van der Waals surface area contributed by atoms with Crippen molar-refractivity contribution in [3.05, 3.63) is 35.4 Å². The fourth-order valence-corrected chi connectivity index (χ4v) is 1.13. The van der Waals surface area contributed by atoms with Gasteiger partial charge in [0.25, 0.3) is 0 Å². The largest absolute Gasteiger partial charge is 0.497 e. The van der Waals surface area contributed by atoms with Gasteiger partial charge < -0.3 is 4.74 Å². The lowest BCUT2D eigenvalue weighted by atomic mass is 10.1. The molecule has 0 radical (unpaired) electrons. The topological polar surface area (TPSA) is 26.3 Å². The third-order valence-corrected chi connectivity index (χ3v) is 2.03. The molecule has 0 heterocycles. The molecule has 0 fully saturated rings.